The molecule has 0 bridgehead atoms. The zero-order valence-corrected chi connectivity index (χ0v) is 8.92. The van der Waals surface area contributed by atoms with Crippen LogP contribution in [0.15, 0.2) is 4.79 Å². The number of aromatic nitrogens is 2. The number of aryl methyl sites for hydroxylation is 1. The van der Waals surface area contributed by atoms with Gasteiger partial charge in [-0.3, -0.25) is 4.79 Å². The number of hydrogen-bond acceptors (Lipinski definition) is 3. The smallest absolute Gasteiger partial charge is 0.254 e. The second-order valence-electron chi connectivity index (χ2n) is 3.51. The van der Waals surface area contributed by atoms with Crippen LogP contribution in [-0.2, 0) is 6.42 Å². The maximum Gasteiger partial charge on any atom is 0.254 e. The third-order valence-electron chi connectivity index (χ3n) is 2.41. The average Bonchev–Trinajstić information content (AvgIpc) is 2.16. The SMILES string of the molecule is CCc1c(C)nc(C(C)CN)[nH]c1=O. The fraction of sp³-hybridized carbons (Fsp3) is 0.600. The lowest BCUT2D eigenvalue weighted by atomic mass is 10.1. The Morgan fingerprint density at radius 3 is 2.64 bits per heavy atom. The summed E-state index contributed by atoms with van der Waals surface area (Å²) in [6.07, 6.45) is 0.714. The Kier molecular flexibility index (Phi) is 3.41. The molecule has 1 aromatic heterocycles. The van der Waals surface area contributed by atoms with Crippen molar-refractivity contribution in [1.29, 1.82) is 0 Å². The molecule has 0 aliphatic carbocycles. The quantitative estimate of drug-likeness (QED) is 0.745. The average molecular weight is 195 g/mol. The van der Waals surface area contributed by atoms with Gasteiger partial charge in [-0.1, -0.05) is 13.8 Å². The number of hydrogen-bond donors (Lipinski definition) is 2. The number of nitrogens with zero attached hydrogens (tertiary/aromatic N) is 1. The number of nitrogens with one attached hydrogen (secondary N) is 1. The Balaban J connectivity index is 3.21. The molecule has 1 unspecified atom stereocenters. The van der Waals surface area contributed by atoms with Crippen LogP contribution in [0.4, 0.5) is 0 Å². The van der Waals surface area contributed by atoms with E-state index < -0.39 is 0 Å². The Bertz CT molecular complexity index is 370. The third-order valence-corrected chi connectivity index (χ3v) is 2.41. The first-order valence-electron chi connectivity index (χ1n) is 4.89. The van der Waals surface area contributed by atoms with Gasteiger partial charge in [-0.2, -0.15) is 0 Å². The lowest BCUT2D eigenvalue weighted by Crippen LogP contribution is -2.22. The van der Waals surface area contributed by atoms with Crippen molar-refractivity contribution in [2.24, 2.45) is 5.73 Å². The highest BCUT2D eigenvalue weighted by atomic mass is 16.1. The van der Waals surface area contributed by atoms with Crippen molar-refractivity contribution in [3.63, 3.8) is 0 Å². The van der Waals surface area contributed by atoms with Crippen LogP contribution in [0.2, 0.25) is 0 Å². The molecule has 4 nitrogen and oxygen atoms in total. The van der Waals surface area contributed by atoms with E-state index in [0.29, 0.717) is 18.8 Å². The summed E-state index contributed by atoms with van der Waals surface area (Å²) in [5, 5.41) is 0. The minimum absolute atomic E-state index is 0.0321. The van der Waals surface area contributed by atoms with Gasteiger partial charge in [0.05, 0.1) is 0 Å². The topological polar surface area (TPSA) is 71.8 Å². The van der Waals surface area contributed by atoms with Crippen molar-refractivity contribution in [3.05, 3.63) is 27.4 Å². The molecule has 3 N–H and O–H groups in total. The lowest BCUT2D eigenvalue weighted by molar-refractivity contribution is 0.696. The summed E-state index contributed by atoms with van der Waals surface area (Å²) < 4.78 is 0. The van der Waals surface area contributed by atoms with Gasteiger partial charge in [0, 0.05) is 23.7 Å². The van der Waals surface area contributed by atoms with Gasteiger partial charge in [0.2, 0.25) is 0 Å². The molecule has 78 valence electrons. The van der Waals surface area contributed by atoms with Gasteiger partial charge in [-0.05, 0) is 13.3 Å². The van der Waals surface area contributed by atoms with E-state index in [4.69, 9.17) is 5.73 Å². The zero-order valence-electron chi connectivity index (χ0n) is 8.92. The zero-order chi connectivity index (χ0) is 10.7. The first-order valence-corrected chi connectivity index (χ1v) is 4.89. The molecule has 0 saturated carbocycles. The summed E-state index contributed by atoms with van der Waals surface area (Å²) in [5.41, 5.74) is 7.05. The summed E-state index contributed by atoms with van der Waals surface area (Å²) in [6.45, 7) is 6.25. The maximum absolute atomic E-state index is 11.6. The number of rotatable bonds is 3. The Morgan fingerprint density at radius 1 is 1.57 bits per heavy atom. The first kappa shape index (κ1) is 10.9. The van der Waals surface area contributed by atoms with Crippen molar-refractivity contribution in [1.82, 2.24) is 9.97 Å². The second-order valence-corrected chi connectivity index (χ2v) is 3.51. The minimum atomic E-state index is -0.0321. The van der Waals surface area contributed by atoms with Gasteiger partial charge < -0.3 is 10.7 Å². The first-order chi connectivity index (χ1) is 6.60. The van der Waals surface area contributed by atoms with E-state index in [1.54, 1.807) is 0 Å². The summed E-state index contributed by atoms with van der Waals surface area (Å²) in [4.78, 5) is 18.7. The standard InChI is InChI=1S/C10H17N3O/c1-4-8-7(3)12-9(6(2)5-11)13-10(8)14/h6H,4-5,11H2,1-3H3,(H,12,13,14). The maximum atomic E-state index is 11.6. The second kappa shape index (κ2) is 4.37. The van der Waals surface area contributed by atoms with Crippen LogP contribution in [0.5, 0.6) is 0 Å². The highest BCUT2D eigenvalue weighted by Gasteiger charge is 2.10. The van der Waals surface area contributed by atoms with E-state index in [9.17, 15) is 4.79 Å². The fourth-order valence-corrected chi connectivity index (χ4v) is 1.39. The summed E-state index contributed by atoms with van der Waals surface area (Å²) >= 11 is 0. The molecule has 0 aromatic carbocycles. The Labute approximate surface area is 83.6 Å². The molecule has 0 aliphatic rings. The van der Waals surface area contributed by atoms with Gasteiger partial charge in [-0.15, -0.1) is 0 Å². The minimum Gasteiger partial charge on any atom is -0.330 e. The Hall–Kier alpha value is -1.16. The predicted molar refractivity (Wildman–Crippen MR) is 56.4 cm³/mol. The Morgan fingerprint density at radius 2 is 2.21 bits per heavy atom. The van der Waals surface area contributed by atoms with Crippen molar-refractivity contribution in [2.45, 2.75) is 33.1 Å². The highest BCUT2D eigenvalue weighted by Crippen LogP contribution is 2.08. The van der Waals surface area contributed by atoms with Gasteiger partial charge in [-0.25, -0.2) is 4.98 Å². The fourth-order valence-electron chi connectivity index (χ4n) is 1.39. The van der Waals surface area contributed by atoms with Crippen molar-refractivity contribution >= 4 is 0 Å². The van der Waals surface area contributed by atoms with Crippen LogP contribution in [0.1, 0.15) is 36.8 Å². The number of aromatic amines is 1. The van der Waals surface area contributed by atoms with Crippen LogP contribution in [0.25, 0.3) is 0 Å². The van der Waals surface area contributed by atoms with Crippen LogP contribution < -0.4 is 11.3 Å². The van der Waals surface area contributed by atoms with E-state index >= 15 is 0 Å². The van der Waals surface area contributed by atoms with E-state index in [1.165, 1.54) is 0 Å². The molecule has 1 heterocycles. The van der Waals surface area contributed by atoms with E-state index in [2.05, 4.69) is 9.97 Å². The molecule has 0 saturated heterocycles. The van der Waals surface area contributed by atoms with Gasteiger partial charge >= 0.3 is 0 Å². The molecule has 4 heteroatoms. The highest BCUT2D eigenvalue weighted by molar-refractivity contribution is 5.17. The summed E-state index contributed by atoms with van der Waals surface area (Å²) in [5.74, 6) is 0.791. The van der Waals surface area contributed by atoms with Crippen LogP contribution in [0, 0.1) is 6.92 Å². The van der Waals surface area contributed by atoms with E-state index in [-0.39, 0.29) is 11.5 Å². The normalized spacial score (nSPS) is 12.9. The molecule has 0 radical (unpaired) electrons. The van der Waals surface area contributed by atoms with Crippen LogP contribution >= 0.6 is 0 Å². The van der Waals surface area contributed by atoms with Gasteiger partial charge in [0.15, 0.2) is 0 Å². The monoisotopic (exact) mass is 195 g/mol. The molecule has 1 aromatic rings. The van der Waals surface area contributed by atoms with Gasteiger partial charge in [0.25, 0.3) is 5.56 Å². The molecular formula is C10H17N3O. The van der Waals surface area contributed by atoms with Gasteiger partial charge in [0.1, 0.15) is 5.82 Å². The molecule has 0 fully saturated rings. The summed E-state index contributed by atoms with van der Waals surface area (Å²) in [6, 6.07) is 0. The molecule has 1 rings (SSSR count). The molecule has 0 aliphatic heterocycles. The number of H-pyrrole nitrogens is 1. The summed E-state index contributed by atoms with van der Waals surface area (Å²) in [7, 11) is 0. The number of nitrogens with two attached hydrogens (primary N) is 1. The largest absolute Gasteiger partial charge is 0.330 e. The van der Waals surface area contributed by atoms with Crippen LogP contribution in [0.3, 0.4) is 0 Å². The van der Waals surface area contributed by atoms with Crippen molar-refractivity contribution in [3.8, 4) is 0 Å². The van der Waals surface area contributed by atoms with E-state index in [0.717, 1.165) is 11.3 Å². The lowest BCUT2D eigenvalue weighted by Gasteiger charge is -2.09. The van der Waals surface area contributed by atoms with Crippen molar-refractivity contribution in [2.75, 3.05) is 6.54 Å². The molecule has 0 amide bonds. The molecular weight excluding hydrogens is 178 g/mol. The van der Waals surface area contributed by atoms with Crippen molar-refractivity contribution < 1.29 is 0 Å². The van der Waals surface area contributed by atoms with Crippen LogP contribution in [-0.4, -0.2) is 16.5 Å². The molecule has 0 spiro atoms. The van der Waals surface area contributed by atoms with E-state index in [1.807, 2.05) is 20.8 Å². The molecule has 1 atom stereocenters. The predicted octanol–water partition coefficient (Wildman–Crippen LogP) is 0.703. The third kappa shape index (κ3) is 2.01. The molecule has 14 heavy (non-hydrogen) atoms.